The second-order valence-electron chi connectivity index (χ2n) is 6.33. The summed E-state index contributed by atoms with van der Waals surface area (Å²) in [5.74, 6) is 0.890. The average Bonchev–Trinajstić information content (AvgIpc) is 3.12. The van der Waals surface area contributed by atoms with Gasteiger partial charge in [0.05, 0.1) is 6.07 Å². The van der Waals surface area contributed by atoms with Crippen LogP contribution >= 0.6 is 0 Å². The SMILES string of the molecule is CC(C)N(CC1CC1)CC(C)(C#N)NC1CC1. The Hall–Kier alpha value is -0.590. The van der Waals surface area contributed by atoms with Crippen LogP contribution in [0.3, 0.4) is 0 Å². The summed E-state index contributed by atoms with van der Waals surface area (Å²) in [7, 11) is 0. The first-order chi connectivity index (χ1) is 8.02. The van der Waals surface area contributed by atoms with E-state index in [0.29, 0.717) is 12.1 Å². The molecule has 2 aliphatic carbocycles. The first-order valence-electron chi connectivity index (χ1n) is 6.95. The Morgan fingerprint density at radius 3 is 2.41 bits per heavy atom. The molecule has 1 N–H and O–H groups in total. The van der Waals surface area contributed by atoms with Gasteiger partial charge in [-0.25, -0.2) is 0 Å². The van der Waals surface area contributed by atoms with Crippen molar-refractivity contribution in [2.24, 2.45) is 5.92 Å². The molecule has 0 bridgehead atoms. The smallest absolute Gasteiger partial charge is 0.116 e. The zero-order chi connectivity index (χ0) is 12.5. The number of rotatable bonds is 7. The summed E-state index contributed by atoms with van der Waals surface area (Å²) in [6, 6.07) is 3.60. The molecular weight excluding hydrogens is 210 g/mol. The molecule has 0 aromatic carbocycles. The molecule has 1 atom stereocenters. The van der Waals surface area contributed by atoms with Gasteiger partial charge in [0.1, 0.15) is 5.54 Å². The fraction of sp³-hybridized carbons (Fsp3) is 0.929. The van der Waals surface area contributed by atoms with E-state index in [1.165, 1.54) is 32.2 Å². The van der Waals surface area contributed by atoms with Crippen LogP contribution in [0.15, 0.2) is 0 Å². The van der Waals surface area contributed by atoms with Gasteiger partial charge in [-0.2, -0.15) is 5.26 Å². The Labute approximate surface area is 105 Å². The van der Waals surface area contributed by atoms with Crippen LogP contribution in [0, 0.1) is 17.2 Å². The summed E-state index contributed by atoms with van der Waals surface area (Å²) < 4.78 is 0. The average molecular weight is 235 g/mol. The second-order valence-corrected chi connectivity index (χ2v) is 6.33. The van der Waals surface area contributed by atoms with Crippen molar-refractivity contribution in [2.75, 3.05) is 13.1 Å². The van der Waals surface area contributed by atoms with Crippen molar-refractivity contribution in [1.29, 1.82) is 5.26 Å². The van der Waals surface area contributed by atoms with E-state index in [1.807, 2.05) is 6.92 Å². The quantitative estimate of drug-likeness (QED) is 0.735. The van der Waals surface area contributed by atoms with Crippen molar-refractivity contribution in [3.63, 3.8) is 0 Å². The normalized spacial score (nSPS) is 23.8. The van der Waals surface area contributed by atoms with Crippen LogP contribution in [0.1, 0.15) is 46.5 Å². The summed E-state index contributed by atoms with van der Waals surface area (Å²) in [5.41, 5.74) is -0.375. The maximum absolute atomic E-state index is 9.40. The molecule has 0 aromatic heterocycles. The Balaban J connectivity index is 1.90. The zero-order valence-electron chi connectivity index (χ0n) is 11.4. The molecule has 2 saturated carbocycles. The fourth-order valence-electron chi connectivity index (χ4n) is 2.29. The molecule has 2 fully saturated rings. The third-order valence-electron chi connectivity index (χ3n) is 3.79. The van der Waals surface area contributed by atoms with Crippen LogP contribution in [0.25, 0.3) is 0 Å². The Bertz CT molecular complexity index is 299. The first kappa shape index (κ1) is 12.9. The van der Waals surface area contributed by atoms with Gasteiger partial charge in [0.25, 0.3) is 0 Å². The third kappa shape index (κ3) is 3.97. The van der Waals surface area contributed by atoms with Crippen LogP contribution in [-0.2, 0) is 0 Å². The van der Waals surface area contributed by atoms with E-state index in [-0.39, 0.29) is 5.54 Å². The van der Waals surface area contributed by atoms with E-state index < -0.39 is 0 Å². The molecule has 3 heteroatoms. The number of hydrogen-bond donors (Lipinski definition) is 1. The van der Waals surface area contributed by atoms with Crippen molar-refractivity contribution in [1.82, 2.24) is 10.2 Å². The largest absolute Gasteiger partial charge is 0.298 e. The number of nitrogens with one attached hydrogen (secondary N) is 1. The molecule has 0 aliphatic heterocycles. The molecule has 2 aliphatic rings. The molecule has 0 saturated heterocycles. The number of hydrogen-bond acceptors (Lipinski definition) is 3. The minimum absolute atomic E-state index is 0.375. The minimum Gasteiger partial charge on any atom is -0.298 e. The second kappa shape index (κ2) is 4.96. The predicted molar refractivity (Wildman–Crippen MR) is 69.6 cm³/mol. The lowest BCUT2D eigenvalue weighted by Crippen LogP contribution is -2.53. The van der Waals surface area contributed by atoms with Crippen molar-refractivity contribution in [2.45, 2.75) is 64.1 Å². The summed E-state index contributed by atoms with van der Waals surface area (Å²) in [6.45, 7) is 8.54. The van der Waals surface area contributed by atoms with Gasteiger partial charge in [-0.3, -0.25) is 10.2 Å². The van der Waals surface area contributed by atoms with E-state index in [4.69, 9.17) is 0 Å². The van der Waals surface area contributed by atoms with Gasteiger partial charge in [-0.15, -0.1) is 0 Å². The molecule has 0 spiro atoms. The van der Waals surface area contributed by atoms with Crippen LogP contribution < -0.4 is 5.32 Å². The van der Waals surface area contributed by atoms with Gasteiger partial charge in [-0.05, 0) is 52.4 Å². The molecule has 0 radical (unpaired) electrons. The zero-order valence-corrected chi connectivity index (χ0v) is 11.4. The van der Waals surface area contributed by atoms with E-state index >= 15 is 0 Å². The fourth-order valence-corrected chi connectivity index (χ4v) is 2.29. The highest BCUT2D eigenvalue weighted by Crippen LogP contribution is 2.31. The molecule has 1 unspecified atom stereocenters. The van der Waals surface area contributed by atoms with Crippen LogP contribution in [-0.4, -0.2) is 35.6 Å². The van der Waals surface area contributed by atoms with E-state index in [0.717, 1.165) is 12.5 Å². The molecule has 96 valence electrons. The molecule has 3 nitrogen and oxygen atoms in total. The van der Waals surface area contributed by atoms with E-state index in [2.05, 4.69) is 30.1 Å². The third-order valence-corrected chi connectivity index (χ3v) is 3.79. The summed E-state index contributed by atoms with van der Waals surface area (Å²) in [5, 5.41) is 12.9. The predicted octanol–water partition coefficient (Wildman–Crippen LogP) is 2.14. The highest BCUT2D eigenvalue weighted by Gasteiger charge is 2.36. The van der Waals surface area contributed by atoms with Crippen molar-refractivity contribution in [3.05, 3.63) is 0 Å². The maximum Gasteiger partial charge on any atom is 0.116 e. The summed E-state index contributed by atoms with van der Waals surface area (Å²) in [4.78, 5) is 2.47. The van der Waals surface area contributed by atoms with Gasteiger partial charge >= 0.3 is 0 Å². The van der Waals surface area contributed by atoms with Gasteiger partial charge in [-0.1, -0.05) is 0 Å². The molecule has 0 heterocycles. The Morgan fingerprint density at radius 1 is 1.35 bits per heavy atom. The van der Waals surface area contributed by atoms with Crippen molar-refractivity contribution < 1.29 is 0 Å². The number of nitriles is 1. The lowest BCUT2D eigenvalue weighted by Gasteiger charge is -2.34. The first-order valence-corrected chi connectivity index (χ1v) is 6.95. The minimum atomic E-state index is -0.375. The van der Waals surface area contributed by atoms with Crippen LogP contribution in [0.2, 0.25) is 0 Å². The highest BCUT2D eigenvalue weighted by atomic mass is 15.2. The lowest BCUT2D eigenvalue weighted by atomic mass is 10.0. The van der Waals surface area contributed by atoms with E-state index in [1.54, 1.807) is 0 Å². The Kier molecular flexibility index (Phi) is 3.75. The van der Waals surface area contributed by atoms with Crippen LogP contribution in [0.4, 0.5) is 0 Å². The molecule has 0 amide bonds. The van der Waals surface area contributed by atoms with Crippen LogP contribution in [0.5, 0.6) is 0 Å². The number of nitrogens with zero attached hydrogens (tertiary/aromatic N) is 2. The monoisotopic (exact) mass is 235 g/mol. The Morgan fingerprint density at radius 2 is 2.00 bits per heavy atom. The maximum atomic E-state index is 9.40. The van der Waals surface area contributed by atoms with Gasteiger partial charge in [0, 0.05) is 25.2 Å². The molecular formula is C14H25N3. The molecule has 17 heavy (non-hydrogen) atoms. The highest BCUT2D eigenvalue weighted by molar-refractivity contribution is 5.09. The summed E-state index contributed by atoms with van der Waals surface area (Å²) in [6.07, 6.45) is 5.23. The summed E-state index contributed by atoms with van der Waals surface area (Å²) >= 11 is 0. The standard InChI is InChI=1S/C14H25N3/c1-11(2)17(8-12-4-5-12)10-14(3,9-15)16-13-6-7-13/h11-13,16H,4-8,10H2,1-3H3. The van der Waals surface area contributed by atoms with Gasteiger partial charge < -0.3 is 0 Å². The van der Waals surface area contributed by atoms with Gasteiger partial charge in [0.2, 0.25) is 0 Å². The lowest BCUT2D eigenvalue weighted by molar-refractivity contribution is 0.171. The topological polar surface area (TPSA) is 39.1 Å². The van der Waals surface area contributed by atoms with E-state index in [9.17, 15) is 5.26 Å². The van der Waals surface area contributed by atoms with Crippen molar-refractivity contribution >= 4 is 0 Å². The molecule has 2 rings (SSSR count). The van der Waals surface area contributed by atoms with Crippen molar-refractivity contribution in [3.8, 4) is 6.07 Å². The molecule has 0 aromatic rings. The van der Waals surface area contributed by atoms with Gasteiger partial charge in [0.15, 0.2) is 0 Å².